The molecule has 21 heavy (non-hydrogen) atoms. The third-order valence-electron chi connectivity index (χ3n) is 3.44. The normalized spacial score (nSPS) is 15.5. The predicted octanol–water partition coefficient (Wildman–Crippen LogP) is 2.80. The van der Waals surface area contributed by atoms with E-state index in [0.717, 1.165) is 25.7 Å². The van der Waals surface area contributed by atoms with Crippen LogP contribution in [0.4, 0.5) is 11.4 Å². The largest absolute Gasteiger partial charge is 0.398 e. The van der Waals surface area contributed by atoms with Crippen LogP contribution >= 0.6 is 11.6 Å². The number of nitrogens with zero attached hydrogens (tertiary/aromatic N) is 1. The Morgan fingerprint density at radius 2 is 2.14 bits per heavy atom. The molecular weight excluding hydrogens is 288 g/mol. The van der Waals surface area contributed by atoms with Crippen LogP contribution < -0.4 is 16.4 Å². The molecule has 1 fully saturated rings. The second-order valence-electron chi connectivity index (χ2n) is 5.01. The lowest BCUT2D eigenvalue weighted by Crippen LogP contribution is -2.33. The molecule has 0 bridgehead atoms. The van der Waals surface area contributed by atoms with Gasteiger partial charge in [-0.15, -0.1) is 0 Å². The molecule has 6 heteroatoms. The number of rotatable bonds is 4. The van der Waals surface area contributed by atoms with Gasteiger partial charge in [0.2, 0.25) is 0 Å². The molecule has 0 spiro atoms. The Balaban J connectivity index is 2.00. The van der Waals surface area contributed by atoms with Crippen LogP contribution in [0.5, 0.6) is 0 Å². The van der Waals surface area contributed by atoms with Crippen molar-refractivity contribution >= 4 is 28.9 Å². The topological polar surface area (TPSA) is 90.9 Å². The number of nitrogens with two attached hydrogens (primary N) is 1. The molecule has 0 unspecified atom stereocenters. The second-order valence-corrected chi connectivity index (χ2v) is 5.41. The lowest BCUT2D eigenvalue weighted by molar-refractivity contribution is -0.117. The quantitative estimate of drug-likeness (QED) is 0.453. The highest BCUT2D eigenvalue weighted by atomic mass is 35.5. The molecular formula is C15H17ClN4O. The number of hydrogen-bond donors (Lipinski definition) is 3. The number of carbonyl (C=O) groups is 1. The maximum absolute atomic E-state index is 12.0. The molecule has 5 nitrogen and oxygen atoms in total. The van der Waals surface area contributed by atoms with E-state index in [1.807, 2.05) is 6.07 Å². The Kier molecular flexibility index (Phi) is 5.07. The molecule has 1 saturated carbocycles. The van der Waals surface area contributed by atoms with Crippen LogP contribution in [0.2, 0.25) is 5.02 Å². The molecule has 0 radical (unpaired) electrons. The van der Waals surface area contributed by atoms with E-state index in [9.17, 15) is 4.79 Å². The van der Waals surface area contributed by atoms with Gasteiger partial charge in [-0.1, -0.05) is 24.4 Å². The van der Waals surface area contributed by atoms with Crippen molar-refractivity contribution in [2.24, 2.45) is 0 Å². The highest BCUT2D eigenvalue weighted by molar-refractivity contribution is 6.33. The van der Waals surface area contributed by atoms with Gasteiger partial charge in [0.15, 0.2) is 0 Å². The summed E-state index contributed by atoms with van der Waals surface area (Å²) < 4.78 is 0. The zero-order valence-electron chi connectivity index (χ0n) is 11.5. The minimum absolute atomic E-state index is 0.0369. The first-order valence-corrected chi connectivity index (χ1v) is 7.20. The summed E-state index contributed by atoms with van der Waals surface area (Å²) >= 11 is 5.91. The first-order valence-electron chi connectivity index (χ1n) is 6.83. The number of nitrogen functional groups attached to an aromatic ring is 1. The summed E-state index contributed by atoms with van der Waals surface area (Å²) in [6.45, 7) is 0. The first-order chi connectivity index (χ1) is 10.1. The van der Waals surface area contributed by atoms with Crippen LogP contribution in [0.25, 0.3) is 0 Å². The van der Waals surface area contributed by atoms with Crippen LogP contribution in [0.15, 0.2) is 30.0 Å². The van der Waals surface area contributed by atoms with Crippen LogP contribution in [0.1, 0.15) is 25.7 Å². The van der Waals surface area contributed by atoms with Crippen molar-refractivity contribution in [1.82, 2.24) is 5.32 Å². The first kappa shape index (κ1) is 15.2. The van der Waals surface area contributed by atoms with Crippen molar-refractivity contribution in [3.63, 3.8) is 0 Å². The van der Waals surface area contributed by atoms with Crippen LogP contribution in [-0.4, -0.2) is 11.9 Å². The maximum atomic E-state index is 12.0. The lowest BCUT2D eigenvalue weighted by Gasteiger charge is -2.11. The van der Waals surface area contributed by atoms with Crippen molar-refractivity contribution in [3.05, 3.63) is 35.0 Å². The average Bonchev–Trinajstić information content (AvgIpc) is 2.96. The van der Waals surface area contributed by atoms with Gasteiger partial charge in [0, 0.05) is 17.9 Å². The number of carbonyl (C=O) groups excluding carboxylic acids is 1. The lowest BCUT2D eigenvalue weighted by atomic mass is 10.2. The third-order valence-corrected chi connectivity index (χ3v) is 3.77. The van der Waals surface area contributed by atoms with Crippen molar-refractivity contribution in [2.75, 3.05) is 11.1 Å². The fourth-order valence-electron chi connectivity index (χ4n) is 2.25. The summed E-state index contributed by atoms with van der Waals surface area (Å²) in [5.74, 6) is -0.349. The van der Waals surface area contributed by atoms with Crippen molar-refractivity contribution in [1.29, 1.82) is 5.26 Å². The molecule has 0 aliphatic heterocycles. The van der Waals surface area contributed by atoms with E-state index in [1.165, 1.54) is 6.20 Å². The number of anilines is 2. The summed E-state index contributed by atoms with van der Waals surface area (Å²) in [6.07, 6.45) is 5.58. The number of nitrogens with one attached hydrogen (secondary N) is 2. The molecule has 0 atom stereocenters. The maximum Gasteiger partial charge on any atom is 0.263 e. The third kappa shape index (κ3) is 4.14. The summed E-state index contributed by atoms with van der Waals surface area (Å²) in [5.41, 5.74) is 6.80. The van der Waals surface area contributed by atoms with Crippen LogP contribution in [-0.2, 0) is 4.79 Å². The van der Waals surface area contributed by atoms with Gasteiger partial charge in [0.05, 0.1) is 10.7 Å². The summed E-state index contributed by atoms with van der Waals surface area (Å²) in [6, 6.07) is 7.10. The van der Waals surface area contributed by atoms with Gasteiger partial charge >= 0.3 is 0 Å². The Labute approximate surface area is 128 Å². The number of amides is 1. The Bertz CT molecular complexity index is 600. The smallest absolute Gasteiger partial charge is 0.263 e. The molecule has 1 aliphatic carbocycles. The van der Waals surface area contributed by atoms with E-state index >= 15 is 0 Å². The predicted molar refractivity (Wildman–Crippen MR) is 83.6 cm³/mol. The van der Waals surface area contributed by atoms with E-state index in [4.69, 9.17) is 22.6 Å². The van der Waals surface area contributed by atoms with E-state index in [-0.39, 0.29) is 17.5 Å². The SMILES string of the molecule is N#C/C(=C/Nc1ccc(N)c(Cl)c1)C(=O)NC1CCCC1. The highest BCUT2D eigenvalue weighted by Gasteiger charge is 2.19. The van der Waals surface area contributed by atoms with E-state index < -0.39 is 0 Å². The number of hydrogen-bond acceptors (Lipinski definition) is 4. The van der Waals surface area contributed by atoms with Gasteiger partial charge in [-0.25, -0.2) is 0 Å². The highest BCUT2D eigenvalue weighted by Crippen LogP contribution is 2.22. The van der Waals surface area contributed by atoms with Gasteiger partial charge in [-0.3, -0.25) is 4.79 Å². The summed E-state index contributed by atoms with van der Waals surface area (Å²) in [5, 5.41) is 15.3. The summed E-state index contributed by atoms with van der Waals surface area (Å²) in [4.78, 5) is 12.0. The molecule has 2 rings (SSSR count). The molecule has 110 valence electrons. The second kappa shape index (κ2) is 7.00. The summed E-state index contributed by atoms with van der Waals surface area (Å²) in [7, 11) is 0. The molecule has 1 amide bonds. The fraction of sp³-hybridized carbons (Fsp3) is 0.333. The van der Waals surface area contributed by atoms with Crippen molar-refractivity contribution in [2.45, 2.75) is 31.7 Å². The Morgan fingerprint density at radius 1 is 1.43 bits per heavy atom. The van der Waals surface area contributed by atoms with Crippen molar-refractivity contribution in [3.8, 4) is 6.07 Å². The molecule has 1 aromatic rings. The average molecular weight is 305 g/mol. The van der Waals surface area contributed by atoms with Gasteiger partial charge < -0.3 is 16.4 Å². The van der Waals surface area contributed by atoms with Gasteiger partial charge in [0.1, 0.15) is 11.6 Å². The van der Waals surface area contributed by atoms with Gasteiger partial charge in [-0.05, 0) is 31.0 Å². The molecule has 0 aromatic heterocycles. The van der Waals surface area contributed by atoms with Crippen molar-refractivity contribution < 1.29 is 4.79 Å². The van der Waals surface area contributed by atoms with E-state index in [0.29, 0.717) is 16.4 Å². The fourth-order valence-corrected chi connectivity index (χ4v) is 2.43. The zero-order chi connectivity index (χ0) is 15.2. The molecule has 1 aliphatic rings. The molecule has 0 saturated heterocycles. The van der Waals surface area contributed by atoms with E-state index in [1.54, 1.807) is 18.2 Å². The van der Waals surface area contributed by atoms with Gasteiger partial charge in [0.25, 0.3) is 5.91 Å². The molecule has 4 N–H and O–H groups in total. The number of nitriles is 1. The van der Waals surface area contributed by atoms with Crippen LogP contribution in [0, 0.1) is 11.3 Å². The Hall–Kier alpha value is -2.19. The standard InChI is InChI=1S/C15H17ClN4O/c16-13-7-12(5-6-14(13)18)19-9-10(8-17)15(21)20-11-3-1-2-4-11/h5-7,9,11,19H,1-4,18H2,(H,20,21)/b10-9-. The van der Waals surface area contributed by atoms with Gasteiger partial charge in [-0.2, -0.15) is 5.26 Å². The Morgan fingerprint density at radius 3 is 2.76 bits per heavy atom. The minimum atomic E-state index is -0.349. The molecule has 1 aromatic carbocycles. The number of benzene rings is 1. The molecule has 0 heterocycles. The van der Waals surface area contributed by atoms with E-state index in [2.05, 4.69) is 10.6 Å². The monoisotopic (exact) mass is 304 g/mol. The van der Waals surface area contributed by atoms with Crippen LogP contribution in [0.3, 0.4) is 0 Å². The zero-order valence-corrected chi connectivity index (χ0v) is 12.3. The number of halogens is 1. The minimum Gasteiger partial charge on any atom is -0.398 e.